The molecule has 0 spiro atoms. The van der Waals surface area contributed by atoms with E-state index >= 15 is 0 Å². The Balaban J connectivity index is 2.84. The molecule has 82 valence electrons. The Hall–Kier alpha value is -0.550. The van der Waals surface area contributed by atoms with Gasteiger partial charge in [-0.15, -0.1) is 0 Å². The molecule has 0 aliphatic rings. The fourth-order valence-electron chi connectivity index (χ4n) is 0.758. The number of aromatic nitrogens is 1. The van der Waals surface area contributed by atoms with Crippen LogP contribution in [0.5, 0.6) is 0 Å². The quantitative estimate of drug-likeness (QED) is 0.620. The largest absolute Gasteiger partial charge is 0.249 e. The molecule has 0 aliphatic heterocycles. The molecule has 0 aliphatic carbocycles. The SMILES string of the molecule is CC(C)(C)[S@](=O)/N=C/c1cccnc1Br. The maximum Gasteiger partial charge on any atom is 0.144 e. The van der Waals surface area contributed by atoms with E-state index in [4.69, 9.17) is 0 Å². The van der Waals surface area contributed by atoms with E-state index in [-0.39, 0.29) is 4.75 Å². The van der Waals surface area contributed by atoms with E-state index in [0.29, 0.717) is 4.60 Å². The van der Waals surface area contributed by atoms with Crippen molar-refractivity contribution >= 4 is 33.1 Å². The van der Waals surface area contributed by atoms with Crippen LogP contribution in [0, 0.1) is 0 Å². The number of nitrogens with zero attached hydrogens (tertiary/aromatic N) is 2. The number of pyridine rings is 1. The monoisotopic (exact) mass is 288 g/mol. The molecule has 0 unspecified atom stereocenters. The Morgan fingerprint density at radius 2 is 2.20 bits per heavy atom. The summed E-state index contributed by atoms with van der Waals surface area (Å²) in [6.07, 6.45) is 3.26. The fourth-order valence-corrected chi connectivity index (χ4v) is 1.64. The third kappa shape index (κ3) is 3.83. The average Bonchev–Trinajstić information content (AvgIpc) is 2.14. The summed E-state index contributed by atoms with van der Waals surface area (Å²) >= 11 is 3.30. The second kappa shape index (κ2) is 4.99. The highest BCUT2D eigenvalue weighted by molar-refractivity contribution is 9.10. The molecule has 1 aromatic heterocycles. The lowest BCUT2D eigenvalue weighted by atomic mass is 10.3. The molecular formula is C10H13BrN2OS. The van der Waals surface area contributed by atoms with Crippen LogP contribution in [0.2, 0.25) is 0 Å². The first-order chi connectivity index (χ1) is 6.91. The van der Waals surface area contributed by atoms with Crippen molar-refractivity contribution in [2.45, 2.75) is 25.5 Å². The Bertz CT molecular complexity index is 399. The van der Waals surface area contributed by atoms with Crippen molar-refractivity contribution in [1.82, 2.24) is 4.98 Å². The normalized spacial score (nSPS) is 14.4. The number of hydrogen-bond acceptors (Lipinski definition) is 2. The summed E-state index contributed by atoms with van der Waals surface area (Å²) in [6, 6.07) is 3.67. The molecule has 1 atom stereocenters. The molecule has 1 aromatic rings. The molecule has 0 N–H and O–H groups in total. The summed E-state index contributed by atoms with van der Waals surface area (Å²) in [5.41, 5.74) is 0.829. The maximum atomic E-state index is 11.6. The van der Waals surface area contributed by atoms with Crippen molar-refractivity contribution in [3.05, 3.63) is 28.5 Å². The summed E-state index contributed by atoms with van der Waals surface area (Å²) in [4.78, 5) is 4.05. The van der Waals surface area contributed by atoms with Crippen molar-refractivity contribution in [3.8, 4) is 0 Å². The second-order valence-corrected chi connectivity index (χ2v) is 6.66. The smallest absolute Gasteiger partial charge is 0.144 e. The molecule has 0 fully saturated rings. The zero-order chi connectivity index (χ0) is 11.5. The van der Waals surface area contributed by atoms with Gasteiger partial charge in [-0.2, -0.15) is 4.40 Å². The van der Waals surface area contributed by atoms with Crippen molar-refractivity contribution in [2.24, 2.45) is 4.40 Å². The van der Waals surface area contributed by atoms with Crippen LogP contribution in [0.25, 0.3) is 0 Å². The first kappa shape index (κ1) is 12.5. The summed E-state index contributed by atoms with van der Waals surface area (Å²) in [5, 5.41) is 0. The lowest BCUT2D eigenvalue weighted by Crippen LogP contribution is -2.19. The fraction of sp³-hybridized carbons (Fsp3) is 0.400. The molecule has 0 aromatic carbocycles. The Kier molecular flexibility index (Phi) is 4.16. The standard InChI is InChI=1S/C10H13BrN2OS/c1-10(2,3)15(14)13-7-8-5-4-6-12-9(8)11/h4-7H,1-3H3/b13-7+/t15-/m0/s1. The topological polar surface area (TPSA) is 42.3 Å². The van der Waals surface area contributed by atoms with Crippen LogP contribution in [-0.2, 0) is 11.0 Å². The lowest BCUT2D eigenvalue weighted by molar-refractivity contribution is 0.651. The Labute approximate surface area is 101 Å². The van der Waals surface area contributed by atoms with Crippen LogP contribution in [0.4, 0.5) is 0 Å². The van der Waals surface area contributed by atoms with E-state index in [2.05, 4.69) is 25.3 Å². The third-order valence-electron chi connectivity index (χ3n) is 1.60. The lowest BCUT2D eigenvalue weighted by Gasteiger charge is -2.12. The average molecular weight is 289 g/mol. The predicted molar refractivity (Wildman–Crippen MR) is 67.4 cm³/mol. The van der Waals surface area contributed by atoms with E-state index < -0.39 is 11.0 Å². The van der Waals surface area contributed by atoms with Crippen molar-refractivity contribution in [3.63, 3.8) is 0 Å². The minimum absolute atomic E-state index is 0.328. The van der Waals surface area contributed by atoms with Gasteiger partial charge in [0.05, 0.1) is 4.75 Å². The van der Waals surface area contributed by atoms with E-state index in [9.17, 15) is 4.21 Å². The van der Waals surface area contributed by atoms with Gasteiger partial charge in [0.25, 0.3) is 0 Å². The van der Waals surface area contributed by atoms with Gasteiger partial charge in [0.15, 0.2) is 0 Å². The van der Waals surface area contributed by atoms with Crippen LogP contribution in [0.3, 0.4) is 0 Å². The molecule has 15 heavy (non-hydrogen) atoms. The van der Waals surface area contributed by atoms with E-state index in [1.807, 2.05) is 32.9 Å². The first-order valence-corrected chi connectivity index (χ1v) is 6.38. The van der Waals surface area contributed by atoms with Gasteiger partial charge in [-0.25, -0.2) is 9.19 Å². The van der Waals surface area contributed by atoms with Gasteiger partial charge in [0.1, 0.15) is 15.6 Å². The van der Waals surface area contributed by atoms with Gasteiger partial charge in [-0.3, -0.25) is 0 Å². The number of rotatable bonds is 2. The Morgan fingerprint density at radius 1 is 1.53 bits per heavy atom. The van der Waals surface area contributed by atoms with Crippen LogP contribution < -0.4 is 0 Å². The third-order valence-corrected chi connectivity index (χ3v) is 3.61. The van der Waals surface area contributed by atoms with Crippen LogP contribution >= 0.6 is 15.9 Å². The minimum Gasteiger partial charge on any atom is -0.249 e. The van der Waals surface area contributed by atoms with Gasteiger partial charge >= 0.3 is 0 Å². The molecule has 0 amide bonds. The maximum absolute atomic E-state index is 11.6. The minimum atomic E-state index is -1.23. The van der Waals surface area contributed by atoms with Crippen LogP contribution in [0.15, 0.2) is 27.3 Å². The van der Waals surface area contributed by atoms with E-state index in [1.54, 1.807) is 12.4 Å². The zero-order valence-electron chi connectivity index (χ0n) is 8.90. The molecule has 5 heteroatoms. The number of hydrogen-bond donors (Lipinski definition) is 0. The number of halogens is 1. The van der Waals surface area contributed by atoms with Crippen molar-refractivity contribution in [1.29, 1.82) is 0 Å². The van der Waals surface area contributed by atoms with Gasteiger partial charge in [0, 0.05) is 18.0 Å². The second-order valence-electron chi connectivity index (χ2n) is 3.98. The van der Waals surface area contributed by atoms with E-state index in [0.717, 1.165) is 5.56 Å². The molecule has 1 rings (SSSR count). The summed E-state index contributed by atoms with van der Waals surface area (Å²) < 4.78 is 16.0. The highest BCUT2D eigenvalue weighted by Crippen LogP contribution is 2.14. The van der Waals surface area contributed by atoms with Gasteiger partial charge in [0.2, 0.25) is 0 Å². The zero-order valence-corrected chi connectivity index (χ0v) is 11.3. The van der Waals surface area contributed by atoms with Crippen molar-refractivity contribution in [2.75, 3.05) is 0 Å². The highest BCUT2D eigenvalue weighted by atomic mass is 79.9. The molecule has 0 bridgehead atoms. The van der Waals surface area contributed by atoms with E-state index in [1.165, 1.54) is 0 Å². The molecule has 3 nitrogen and oxygen atoms in total. The highest BCUT2D eigenvalue weighted by Gasteiger charge is 2.18. The molecule has 1 heterocycles. The molecular weight excluding hydrogens is 276 g/mol. The van der Waals surface area contributed by atoms with Crippen molar-refractivity contribution < 1.29 is 4.21 Å². The summed E-state index contributed by atoms with van der Waals surface area (Å²) in [7, 11) is -1.23. The van der Waals surface area contributed by atoms with Crippen LogP contribution in [-0.4, -0.2) is 20.2 Å². The summed E-state index contributed by atoms with van der Waals surface area (Å²) in [6.45, 7) is 5.66. The first-order valence-electron chi connectivity index (χ1n) is 4.48. The predicted octanol–water partition coefficient (Wildman–Crippen LogP) is 2.73. The Morgan fingerprint density at radius 3 is 2.73 bits per heavy atom. The van der Waals surface area contributed by atoms with Gasteiger partial charge < -0.3 is 0 Å². The van der Waals surface area contributed by atoms with Gasteiger partial charge in [-0.1, -0.05) is 0 Å². The molecule has 0 saturated carbocycles. The molecule has 0 saturated heterocycles. The summed E-state index contributed by atoms with van der Waals surface area (Å²) in [5.74, 6) is 0. The van der Waals surface area contributed by atoms with Crippen LogP contribution in [0.1, 0.15) is 26.3 Å². The molecule has 0 radical (unpaired) electrons. The van der Waals surface area contributed by atoms with Gasteiger partial charge in [-0.05, 0) is 48.8 Å².